The average molecular weight is 242 g/mol. The highest BCUT2D eigenvalue weighted by molar-refractivity contribution is 8.13. The Labute approximate surface area is 95.6 Å². The van der Waals surface area contributed by atoms with Gasteiger partial charge in [-0.15, -0.1) is 5.10 Å². The third-order valence-electron chi connectivity index (χ3n) is 1.43. The molecule has 0 amide bonds. The zero-order valence-corrected chi connectivity index (χ0v) is 9.31. The predicted octanol–water partition coefficient (Wildman–Crippen LogP) is 1.59. The summed E-state index contributed by atoms with van der Waals surface area (Å²) in [5.41, 5.74) is 5.46. The molecule has 0 radical (unpaired) electrons. The van der Waals surface area contributed by atoms with E-state index in [0.29, 0.717) is 5.17 Å². The molecule has 0 aliphatic heterocycles. The third kappa shape index (κ3) is 3.73. The SMILES string of the molecule is CCS/C(N)=N/N=C/c1ccc([N+](=O)[O-])o1. The number of nitrogens with two attached hydrogens (primary N) is 1. The maximum atomic E-state index is 10.3. The summed E-state index contributed by atoms with van der Waals surface area (Å²) in [6, 6.07) is 2.68. The lowest BCUT2D eigenvalue weighted by atomic mass is 10.5. The van der Waals surface area contributed by atoms with E-state index in [1.54, 1.807) is 0 Å². The minimum absolute atomic E-state index is 0.254. The zero-order valence-electron chi connectivity index (χ0n) is 8.49. The zero-order chi connectivity index (χ0) is 12.0. The second kappa shape index (κ2) is 5.91. The van der Waals surface area contributed by atoms with Gasteiger partial charge in [-0.2, -0.15) is 5.10 Å². The maximum absolute atomic E-state index is 10.3. The summed E-state index contributed by atoms with van der Waals surface area (Å²) in [6.45, 7) is 1.94. The molecule has 0 unspecified atom stereocenters. The van der Waals surface area contributed by atoms with Crippen molar-refractivity contribution < 1.29 is 9.34 Å². The number of nitro groups is 1. The summed E-state index contributed by atoms with van der Waals surface area (Å²) in [5, 5.41) is 17.9. The van der Waals surface area contributed by atoms with Crippen molar-refractivity contribution in [1.29, 1.82) is 0 Å². The molecular weight excluding hydrogens is 232 g/mol. The molecule has 1 rings (SSSR count). The lowest BCUT2D eigenvalue weighted by molar-refractivity contribution is -0.402. The Hall–Kier alpha value is -1.83. The van der Waals surface area contributed by atoms with Gasteiger partial charge in [-0.05, 0) is 11.8 Å². The van der Waals surface area contributed by atoms with E-state index >= 15 is 0 Å². The molecular formula is C8H10N4O3S. The van der Waals surface area contributed by atoms with Crippen molar-refractivity contribution in [2.24, 2.45) is 15.9 Å². The molecule has 86 valence electrons. The largest absolute Gasteiger partial charge is 0.433 e. The lowest BCUT2D eigenvalue weighted by Crippen LogP contribution is -2.05. The summed E-state index contributed by atoms with van der Waals surface area (Å²) >= 11 is 1.35. The number of hydrogen-bond donors (Lipinski definition) is 1. The standard InChI is InChI=1S/C8H10N4O3S/c1-2-16-8(9)11-10-5-6-3-4-7(15-6)12(13)14/h3-5H,2H2,1H3,(H2,9,11)/b10-5+. The van der Waals surface area contributed by atoms with Gasteiger partial charge in [0, 0.05) is 0 Å². The minimum Gasteiger partial charge on any atom is -0.400 e. The molecule has 8 heteroatoms. The summed E-state index contributed by atoms with van der Waals surface area (Å²) in [4.78, 5) is 9.67. The highest BCUT2D eigenvalue weighted by atomic mass is 32.2. The number of thioether (sulfide) groups is 1. The van der Waals surface area contributed by atoms with Crippen molar-refractivity contribution in [2.45, 2.75) is 6.92 Å². The van der Waals surface area contributed by atoms with Gasteiger partial charge in [-0.1, -0.05) is 18.7 Å². The summed E-state index contributed by atoms with van der Waals surface area (Å²) in [6.07, 6.45) is 1.26. The van der Waals surface area contributed by atoms with Gasteiger partial charge in [0.15, 0.2) is 10.9 Å². The van der Waals surface area contributed by atoms with E-state index in [4.69, 9.17) is 10.2 Å². The molecule has 2 N–H and O–H groups in total. The highest BCUT2D eigenvalue weighted by Gasteiger charge is 2.09. The van der Waals surface area contributed by atoms with Crippen LogP contribution in [0.5, 0.6) is 0 Å². The highest BCUT2D eigenvalue weighted by Crippen LogP contribution is 2.13. The smallest absolute Gasteiger partial charge is 0.400 e. The Balaban J connectivity index is 2.62. The first-order valence-corrected chi connectivity index (χ1v) is 5.35. The first-order chi connectivity index (χ1) is 7.63. The molecule has 7 nitrogen and oxygen atoms in total. The van der Waals surface area contributed by atoms with Gasteiger partial charge in [0.05, 0.1) is 12.3 Å². The topological polar surface area (TPSA) is 107 Å². The van der Waals surface area contributed by atoms with Gasteiger partial charge >= 0.3 is 5.88 Å². The van der Waals surface area contributed by atoms with Crippen molar-refractivity contribution in [3.8, 4) is 0 Å². The van der Waals surface area contributed by atoms with Crippen LogP contribution >= 0.6 is 11.8 Å². The van der Waals surface area contributed by atoms with Crippen LogP contribution in [0, 0.1) is 10.1 Å². The van der Waals surface area contributed by atoms with E-state index in [9.17, 15) is 10.1 Å². The Kier molecular flexibility index (Phi) is 4.52. The van der Waals surface area contributed by atoms with Crippen LogP contribution in [0.2, 0.25) is 0 Å². The van der Waals surface area contributed by atoms with Crippen molar-refractivity contribution in [3.63, 3.8) is 0 Å². The van der Waals surface area contributed by atoms with Crippen molar-refractivity contribution in [3.05, 3.63) is 28.0 Å². The second-order valence-corrected chi connectivity index (χ2v) is 3.83. The fourth-order valence-electron chi connectivity index (χ4n) is 0.829. The van der Waals surface area contributed by atoms with Gasteiger partial charge < -0.3 is 10.2 Å². The molecule has 1 aromatic rings. The number of rotatable bonds is 4. The number of nitrogens with zero attached hydrogens (tertiary/aromatic N) is 3. The quantitative estimate of drug-likeness (QED) is 0.373. The number of hydrogen-bond acceptors (Lipinski definition) is 6. The normalized spacial score (nSPS) is 12.2. The van der Waals surface area contributed by atoms with E-state index in [0.717, 1.165) is 5.75 Å². The molecule has 16 heavy (non-hydrogen) atoms. The summed E-state index contributed by atoms with van der Waals surface area (Å²) in [5.74, 6) is 0.725. The molecule has 1 aromatic heterocycles. The van der Waals surface area contributed by atoms with Crippen LogP contribution in [-0.4, -0.2) is 22.1 Å². The van der Waals surface area contributed by atoms with Crippen molar-refractivity contribution in [2.75, 3.05) is 5.75 Å². The maximum Gasteiger partial charge on any atom is 0.433 e. The first kappa shape index (κ1) is 12.2. The van der Waals surface area contributed by atoms with Gasteiger partial charge in [0.2, 0.25) is 0 Å². The van der Waals surface area contributed by atoms with E-state index in [-0.39, 0.29) is 11.6 Å². The predicted molar refractivity (Wildman–Crippen MR) is 62.7 cm³/mol. The molecule has 0 saturated carbocycles. The molecule has 0 aliphatic rings. The Morgan fingerprint density at radius 1 is 1.75 bits per heavy atom. The van der Waals surface area contributed by atoms with Crippen LogP contribution in [0.4, 0.5) is 5.88 Å². The Morgan fingerprint density at radius 3 is 3.06 bits per heavy atom. The van der Waals surface area contributed by atoms with Crippen molar-refractivity contribution >= 4 is 29.0 Å². The minimum atomic E-state index is -0.623. The summed E-state index contributed by atoms with van der Waals surface area (Å²) in [7, 11) is 0. The molecule has 0 aromatic carbocycles. The van der Waals surface area contributed by atoms with Crippen LogP contribution in [0.25, 0.3) is 0 Å². The molecule has 0 fully saturated rings. The van der Waals surface area contributed by atoms with E-state index in [1.165, 1.54) is 30.1 Å². The van der Waals surface area contributed by atoms with E-state index in [2.05, 4.69) is 10.2 Å². The number of amidine groups is 1. The van der Waals surface area contributed by atoms with Crippen LogP contribution in [0.1, 0.15) is 12.7 Å². The van der Waals surface area contributed by atoms with Gasteiger partial charge in [0.1, 0.15) is 4.92 Å². The summed E-state index contributed by atoms with van der Waals surface area (Å²) < 4.78 is 4.82. The van der Waals surface area contributed by atoms with Gasteiger partial charge in [0.25, 0.3) is 0 Å². The van der Waals surface area contributed by atoms with Crippen LogP contribution in [0.15, 0.2) is 26.8 Å². The van der Waals surface area contributed by atoms with E-state index < -0.39 is 4.92 Å². The van der Waals surface area contributed by atoms with Crippen LogP contribution in [-0.2, 0) is 0 Å². The Morgan fingerprint density at radius 2 is 2.50 bits per heavy atom. The average Bonchev–Trinajstić information content (AvgIpc) is 2.67. The van der Waals surface area contributed by atoms with Gasteiger partial charge in [-0.3, -0.25) is 10.1 Å². The molecule has 1 heterocycles. The monoisotopic (exact) mass is 242 g/mol. The van der Waals surface area contributed by atoms with Gasteiger partial charge in [-0.25, -0.2) is 0 Å². The van der Waals surface area contributed by atoms with Crippen LogP contribution in [0.3, 0.4) is 0 Å². The van der Waals surface area contributed by atoms with Crippen LogP contribution < -0.4 is 5.73 Å². The molecule has 0 aliphatic carbocycles. The molecule has 0 spiro atoms. The second-order valence-electron chi connectivity index (χ2n) is 2.55. The Bertz CT molecular complexity index is 427. The first-order valence-electron chi connectivity index (χ1n) is 4.37. The lowest BCUT2D eigenvalue weighted by Gasteiger charge is -1.90. The molecule has 0 atom stereocenters. The fourth-order valence-corrected chi connectivity index (χ4v) is 1.23. The van der Waals surface area contributed by atoms with E-state index in [1.807, 2.05) is 6.92 Å². The number of furan rings is 1. The fraction of sp³-hybridized carbons (Fsp3) is 0.250. The third-order valence-corrected chi connectivity index (χ3v) is 2.09. The molecule has 0 saturated heterocycles. The molecule has 0 bridgehead atoms. The van der Waals surface area contributed by atoms with Crippen molar-refractivity contribution in [1.82, 2.24) is 0 Å².